The fourth-order valence-corrected chi connectivity index (χ4v) is 2.74. The van der Waals surface area contributed by atoms with Gasteiger partial charge in [-0.05, 0) is 24.9 Å². The van der Waals surface area contributed by atoms with Crippen molar-refractivity contribution in [2.75, 3.05) is 5.75 Å². The zero-order chi connectivity index (χ0) is 7.52. The van der Waals surface area contributed by atoms with Gasteiger partial charge in [0.05, 0.1) is 6.26 Å². The number of ether oxygens (including phenoxy) is 1. The maximum Gasteiger partial charge on any atom is 0.174 e. The van der Waals surface area contributed by atoms with E-state index >= 15 is 0 Å². The van der Waals surface area contributed by atoms with Crippen molar-refractivity contribution in [3.05, 3.63) is 11.7 Å². The summed E-state index contributed by atoms with van der Waals surface area (Å²) in [5.74, 6) is 1.13. The molecule has 11 heavy (non-hydrogen) atoms. The lowest BCUT2D eigenvalue weighted by Gasteiger charge is -2.24. The molecule has 0 N–H and O–H groups in total. The van der Waals surface area contributed by atoms with E-state index in [1.165, 1.54) is 6.42 Å². The minimum Gasteiger partial charge on any atom is -0.484 e. The van der Waals surface area contributed by atoms with Crippen LogP contribution in [-0.4, -0.2) is 17.3 Å². The molecule has 0 aliphatic carbocycles. The molecular weight excluding hydrogens is 180 g/mol. The second-order valence-corrected chi connectivity index (χ2v) is 4.36. The maximum atomic E-state index is 5.49. The normalized spacial score (nSPS) is 37.1. The first-order valence-corrected chi connectivity index (χ1v) is 5.56. The van der Waals surface area contributed by atoms with Crippen LogP contribution in [0.15, 0.2) is 11.7 Å². The minimum absolute atomic E-state index is 0.211. The molecule has 2 nitrogen and oxygen atoms in total. The van der Waals surface area contributed by atoms with Crippen LogP contribution in [0.3, 0.4) is 0 Å². The molecule has 2 unspecified atom stereocenters. The van der Waals surface area contributed by atoms with E-state index in [2.05, 4.69) is 0 Å². The van der Waals surface area contributed by atoms with Crippen molar-refractivity contribution in [2.24, 2.45) is 0 Å². The Hall–Kier alpha value is 0.200. The summed E-state index contributed by atoms with van der Waals surface area (Å²) in [4.78, 5) is 0. The summed E-state index contributed by atoms with van der Waals surface area (Å²) in [7, 11) is 0. The van der Waals surface area contributed by atoms with E-state index in [9.17, 15) is 0 Å². The van der Waals surface area contributed by atoms with Crippen molar-refractivity contribution in [1.82, 2.24) is 0 Å². The fourth-order valence-electron chi connectivity index (χ4n) is 1.13. The molecule has 0 bridgehead atoms. The highest BCUT2D eigenvalue weighted by atomic mass is 32.2. The number of thioether (sulfide) groups is 1. The quantitative estimate of drug-likeness (QED) is 0.591. The first-order valence-electron chi connectivity index (χ1n) is 3.71. The smallest absolute Gasteiger partial charge is 0.174 e. The van der Waals surface area contributed by atoms with E-state index in [-0.39, 0.29) is 11.5 Å². The van der Waals surface area contributed by atoms with Gasteiger partial charge in [-0.3, -0.25) is 0 Å². The first-order chi connectivity index (χ1) is 5.47. The van der Waals surface area contributed by atoms with Gasteiger partial charge in [-0.25, -0.2) is 0 Å². The Bertz CT molecular complexity index is 147. The van der Waals surface area contributed by atoms with Crippen LogP contribution in [0.25, 0.3) is 0 Å². The molecule has 0 saturated carbocycles. The summed E-state index contributed by atoms with van der Waals surface area (Å²) in [6.07, 6.45) is 4.41. The number of rotatable bonds is 1. The second kappa shape index (κ2) is 3.74. The van der Waals surface area contributed by atoms with Gasteiger partial charge in [0.15, 0.2) is 5.44 Å². The molecule has 1 fully saturated rings. The average molecular weight is 190 g/mol. The molecule has 4 heteroatoms. The van der Waals surface area contributed by atoms with Crippen LogP contribution in [0, 0.1) is 0 Å². The lowest BCUT2D eigenvalue weighted by atomic mass is 10.2. The lowest BCUT2D eigenvalue weighted by Crippen LogP contribution is -2.26. The molecule has 2 heterocycles. The van der Waals surface area contributed by atoms with E-state index in [0.29, 0.717) is 0 Å². The zero-order valence-electron chi connectivity index (χ0n) is 6.06. The van der Waals surface area contributed by atoms with E-state index in [1.807, 2.05) is 5.41 Å². The molecule has 2 aliphatic heterocycles. The molecule has 0 aromatic heterocycles. The molecule has 62 valence electrons. The third kappa shape index (κ3) is 1.86. The zero-order valence-corrected chi connectivity index (χ0v) is 7.70. The Morgan fingerprint density at radius 3 is 3.09 bits per heavy atom. The summed E-state index contributed by atoms with van der Waals surface area (Å²) in [5, 5.41) is 1.98. The maximum absolute atomic E-state index is 5.49. The molecule has 2 aliphatic rings. The molecular formula is C7H10O2S2. The third-order valence-corrected chi connectivity index (χ3v) is 3.48. The molecule has 2 atom stereocenters. The van der Waals surface area contributed by atoms with Gasteiger partial charge >= 0.3 is 0 Å². The van der Waals surface area contributed by atoms with Gasteiger partial charge in [-0.15, -0.1) is 0 Å². The Morgan fingerprint density at radius 1 is 1.45 bits per heavy atom. The van der Waals surface area contributed by atoms with Crippen LogP contribution in [0.1, 0.15) is 12.8 Å². The number of hydrogen-bond donors (Lipinski definition) is 0. The van der Waals surface area contributed by atoms with Crippen LogP contribution in [0.4, 0.5) is 0 Å². The van der Waals surface area contributed by atoms with Crippen LogP contribution in [-0.2, 0) is 8.92 Å². The van der Waals surface area contributed by atoms with Crippen molar-refractivity contribution < 1.29 is 8.92 Å². The van der Waals surface area contributed by atoms with Crippen LogP contribution >= 0.6 is 23.8 Å². The van der Waals surface area contributed by atoms with Crippen molar-refractivity contribution in [2.45, 2.75) is 24.4 Å². The van der Waals surface area contributed by atoms with Gasteiger partial charge in [-0.2, -0.15) is 0 Å². The molecule has 1 saturated heterocycles. The number of hydrogen-bond acceptors (Lipinski definition) is 4. The Morgan fingerprint density at radius 2 is 2.45 bits per heavy atom. The molecule has 0 aromatic carbocycles. The Kier molecular flexibility index (Phi) is 2.66. The van der Waals surface area contributed by atoms with E-state index in [0.717, 1.165) is 12.2 Å². The molecule has 2 rings (SSSR count). The molecule has 0 radical (unpaired) electrons. The van der Waals surface area contributed by atoms with Crippen LogP contribution < -0.4 is 0 Å². The summed E-state index contributed by atoms with van der Waals surface area (Å²) >= 11 is 3.28. The van der Waals surface area contributed by atoms with Crippen molar-refractivity contribution >= 4 is 23.8 Å². The monoisotopic (exact) mass is 190 g/mol. The van der Waals surface area contributed by atoms with Gasteiger partial charge < -0.3 is 8.92 Å². The van der Waals surface area contributed by atoms with E-state index in [1.54, 1.807) is 30.1 Å². The second-order valence-electron chi connectivity index (χ2n) is 2.51. The minimum atomic E-state index is 0.211. The largest absolute Gasteiger partial charge is 0.484 e. The summed E-state index contributed by atoms with van der Waals surface area (Å²) in [6, 6.07) is 0. The van der Waals surface area contributed by atoms with Gasteiger partial charge in [0, 0.05) is 11.2 Å². The highest BCUT2D eigenvalue weighted by molar-refractivity contribution is 8.02. The standard InChI is InChI=1S/C7H10O2S2/c1-2-6(9-11-4-1)7-8-3-5-10-7/h3,5-7H,1-2,4H2. The van der Waals surface area contributed by atoms with Crippen LogP contribution in [0.2, 0.25) is 0 Å². The van der Waals surface area contributed by atoms with Gasteiger partial charge in [-0.1, -0.05) is 11.8 Å². The van der Waals surface area contributed by atoms with Gasteiger partial charge in [0.1, 0.15) is 6.10 Å². The fraction of sp³-hybridized carbons (Fsp3) is 0.714. The molecule has 0 aromatic rings. The lowest BCUT2D eigenvalue weighted by molar-refractivity contribution is 0.0883. The Balaban J connectivity index is 1.83. The van der Waals surface area contributed by atoms with E-state index < -0.39 is 0 Å². The van der Waals surface area contributed by atoms with Gasteiger partial charge in [0.2, 0.25) is 0 Å². The first kappa shape index (κ1) is 7.83. The molecule has 0 spiro atoms. The molecule has 0 amide bonds. The average Bonchev–Trinajstić information content (AvgIpc) is 2.58. The van der Waals surface area contributed by atoms with Crippen molar-refractivity contribution in [3.63, 3.8) is 0 Å². The van der Waals surface area contributed by atoms with Crippen LogP contribution in [0.5, 0.6) is 0 Å². The predicted octanol–water partition coefficient (Wildman–Crippen LogP) is 2.37. The SMILES string of the molecule is C1=CSC(C2CCCSO2)O1. The van der Waals surface area contributed by atoms with Gasteiger partial charge in [0.25, 0.3) is 0 Å². The predicted molar refractivity (Wildman–Crippen MR) is 48.2 cm³/mol. The van der Waals surface area contributed by atoms with Crippen molar-refractivity contribution in [1.29, 1.82) is 0 Å². The van der Waals surface area contributed by atoms with E-state index in [4.69, 9.17) is 8.92 Å². The Labute approximate surface area is 74.9 Å². The summed E-state index contributed by atoms with van der Waals surface area (Å²) in [6.45, 7) is 0. The highest BCUT2D eigenvalue weighted by Gasteiger charge is 2.27. The highest BCUT2D eigenvalue weighted by Crippen LogP contribution is 2.33. The third-order valence-electron chi connectivity index (χ3n) is 1.69. The summed E-state index contributed by atoms with van der Waals surface area (Å²) in [5.41, 5.74) is 0.211. The summed E-state index contributed by atoms with van der Waals surface area (Å²) < 4.78 is 10.8. The van der Waals surface area contributed by atoms with Crippen molar-refractivity contribution in [3.8, 4) is 0 Å². The topological polar surface area (TPSA) is 18.5 Å².